The van der Waals surface area contributed by atoms with Gasteiger partial charge in [-0.25, -0.2) is 9.79 Å². The Hall–Kier alpha value is -4.58. The maximum atomic E-state index is 13.8. The Morgan fingerprint density at radius 3 is 2.39 bits per heavy atom. The molecule has 0 aliphatic carbocycles. The second kappa shape index (κ2) is 13.4. The Kier molecular flexibility index (Phi) is 9.38. The zero-order valence-electron chi connectivity index (χ0n) is 24.8. The van der Waals surface area contributed by atoms with E-state index >= 15 is 0 Å². The Morgan fingerprint density at radius 2 is 1.75 bits per heavy atom. The van der Waals surface area contributed by atoms with Gasteiger partial charge in [-0.3, -0.25) is 14.5 Å². The molecule has 232 valence electrons. The highest BCUT2D eigenvalue weighted by Gasteiger charge is 2.36. The fourth-order valence-corrected chi connectivity index (χ4v) is 4.95. The van der Waals surface area contributed by atoms with Crippen molar-refractivity contribution in [1.29, 1.82) is 0 Å². The highest BCUT2D eigenvalue weighted by molar-refractivity contribution is 6.30. The Morgan fingerprint density at radius 1 is 1.05 bits per heavy atom. The first kappa shape index (κ1) is 30.9. The fourth-order valence-electron chi connectivity index (χ4n) is 4.82. The molecular formula is C31H35ClN6O6. The molecule has 2 aliphatic rings. The second-order valence-electron chi connectivity index (χ2n) is 11.6. The van der Waals surface area contributed by atoms with E-state index < -0.39 is 11.6 Å². The van der Waals surface area contributed by atoms with Crippen LogP contribution in [0.25, 0.3) is 0 Å². The van der Waals surface area contributed by atoms with Gasteiger partial charge in [0.15, 0.2) is 0 Å². The number of likely N-dealkylation sites (tertiary alicyclic amines) is 1. The summed E-state index contributed by atoms with van der Waals surface area (Å²) in [5.41, 5.74) is 0.939. The summed E-state index contributed by atoms with van der Waals surface area (Å²) in [4.78, 5) is 47.2. The van der Waals surface area contributed by atoms with Crippen molar-refractivity contribution in [2.24, 2.45) is 10.9 Å². The van der Waals surface area contributed by atoms with E-state index in [9.17, 15) is 14.4 Å². The number of guanidine groups is 1. The van der Waals surface area contributed by atoms with Crippen LogP contribution in [0.15, 0.2) is 70.4 Å². The van der Waals surface area contributed by atoms with E-state index in [4.69, 9.17) is 25.6 Å². The number of anilines is 1. The number of aromatic nitrogens is 1. The number of amides is 3. The molecule has 1 atom stereocenters. The summed E-state index contributed by atoms with van der Waals surface area (Å²) in [6.07, 6.45) is 1.99. The minimum Gasteiger partial charge on any atom is -0.444 e. The van der Waals surface area contributed by atoms with Crippen LogP contribution in [0.1, 0.15) is 39.2 Å². The maximum absolute atomic E-state index is 13.8. The van der Waals surface area contributed by atoms with Gasteiger partial charge in [-0.1, -0.05) is 23.7 Å². The summed E-state index contributed by atoms with van der Waals surface area (Å²) in [6.45, 7) is 6.56. The molecule has 5 rings (SSSR count). The normalized spacial score (nSPS) is 17.6. The summed E-state index contributed by atoms with van der Waals surface area (Å²) in [5.74, 6) is 0.405. The van der Waals surface area contributed by atoms with E-state index in [2.05, 4.69) is 20.8 Å². The van der Waals surface area contributed by atoms with Gasteiger partial charge in [-0.2, -0.15) is 0 Å². The van der Waals surface area contributed by atoms with Crippen LogP contribution in [0.5, 0.6) is 11.6 Å². The van der Waals surface area contributed by atoms with Crippen molar-refractivity contribution in [2.45, 2.75) is 51.8 Å². The lowest BCUT2D eigenvalue weighted by Gasteiger charge is -2.35. The Balaban J connectivity index is 1.24. The van der Waals surface area contributed by atoms with Crippen molar-refractivity contribution in [2.75, 3.05) is 25.0 Å². The molecule has 12 nitrogen and oxygen atoms in total. The zero-order valence-corrected chi connectivity index (χ0v) is 25.5. The molecule has 2 aromatic carbocycles. The minimum atomic E-state index is -0.831. The Labute approximate surface area is 260 Å². The van der Waals surface area contributed by atoms with Crippen molar-refractivity contribution in [3.63, 3.8) is 0 Å². The molecule has 3 aromatic rings. The second-order valence-corrected chi connectivity index (χ2v) is 12.0. The minimum absolute atomic E-state index is 0.0775. The first-order valence-corrected chi connectivity index (χ1v) is 14.8. The largest absolute Gasteiger partial charge is 0.444 e. The predicted octanol–water partition coefficient (Wildman–Crippen LogP) is 5.06. The van der Waals surface area contributed by atoms with E-state index in [1.54, 1.807) is 47.4 Å². The van der Waals surface area contributed by atoms with Crippen LogP contribution in [0.4, 0.5) is 10.5 Å². The van der Waals surface area contributed by atoms with Crippen molar-refractivity contribution in [3.8, 4) is 11.6 Å². The van der Waals surface area contributed by atoms with E-state index in [1.165, 1.54) is 11.2 Å². The quantitative estimate of drug-likeness (QED) is 0.373. The third kappa shape index (κ3) is 8.07. The number of carbonyl (C=O) groups excluding carboxylic acids is 3. The fraction of sp³-hybridized carbons (Fsp3) is 0.387. The molecule has 2 aliphatic heterocycles. The van der Waals surface area contributed by atoms with Crippen LogP contribution in [0, 0.1) is 5.92 Å². The van der Waals surface area contributed by atoms with Crippen LogP contribution in [0.3, 0.4) is 0 Å². The van der Waals surface area contributed by atoms with Gasteiger partial charge in [0.1, 0.15) is 23.7 Å². The van der Waals surface area contributed by atoms with Crippen LogP contribution in [-0.4, -0.2) is 70.1 Å². The zero-order chi connectivity index (χ0) is 31.3. The molecule has 1 saturated heterocycles. The highest BCUT2D eigenvalue weighted by atomic mass is 35.5. The first-order valence-electron chi connectivity index (χ1n) is 14.4. The van der Waals surface area contributed by atoms with Crippen molar-refractivity contribution in [3.05, 3.63) is 71.4 Å². The van der Waals surface area contributed by atoms with Gasteiger partial charge in [0.25, 0.3) is 11.8 Å². The number of aliphatic imine (C=N–C) groups is 1. The van der Waals surface area contributed by atoms with Gasteiger partial charge in [-0.15, -0.1) is 0 Å². The van der Waals surface area contributed by atoms with Crippen molar-refractivity contribution >= 4 is 41.2 Å². The van der Waals surface area contributed by atoms with Gasteiger partial charge in [-0.05, 0) is 80.7 Å². The number of rotatable bonds is 7. The van der Waals surface area contributed by atoms with Crippen LogP contribution < -0.4 is 15.4 Å². The number of nitrogens with zero attached hydrogens (tertiary/aromatic N) is 4. The third-order valence-corrected chi connectivity index (χ3v) is 7.33. The van der Waals surface area contributed by atoms with Crippen molar-refractivity contribution < 1.29 is 28.4 Å². The molecule has 44 heavy (non-hydrogen) atoms. The molecule has 0 bridgehead atoms. The average Bonchev–Trinajstić information content (AvgIpc) is 3.50. The summed E-state index contributed by atoms with van der Waals surface area (Å²) < 4.78 is 15.9. The molecular weight excluding hydrogens is 588 g/mol. The van der Waals surface area contributed by atoms with Crippen LogP contribution in [-0.2, 0) is 20.9 Å². The highest BCUT2D eigenvalue weighted by Crippen LogP contribution is 2.24. The number of nitrogens with one attached hydrogen (secondary N) is 2. The number of ether oxygens (including phenoxy) is 2. The van der Waals surface area contributed by atoms with E-state index in [0.717, 1.165) is 5.56 Å². The predicted molar refractivity (Wildman–Crippen MR) is 163 cm³/mol. The van der Waals surface area contributed by atoms with Gasteiger partial charge >= 0.3 is 6.09 Å². The summed E-state index contributed by atoms with van der Waals surface area (Å²) >= 11 is 6.07. The number of halogens is 1. The molecule has 3 heterocycles. The van der Waals surface area contributed by atoms with E-state index in [1.807, 2.05) is 32.9 Å². The molecule has 0 spiro atoms. The molecule has 0 saturated carbocycles. The maximum Gasteiger partial charge on any atom is 0.410 e. The standard InChI is InChI=1S/C31H35ClN6O6/c1-31(2,3)44-30(41)37-15-12-21(13-16-37)27(39)35-25-18-33-29(38(28(25)40)19-20-4-6-22(32)7-5-20)34-23-8-10-24(11-9-23)43-26-14-17-42-36-26/h4-11,14,17,21,25H,12-13,15-16,18-19H2,1-3H3,(H,33,34)(H,35,39). The third-order valence-electron chi connectivity index (χ3n) is 7.08. The molecule has 2 N–H and O–H groups in total. The van der Waals surface area contributed by atoms with E-state index in [-0.39, 0.29) is 36.9 Å². The lowest BCUT2D eigenvalue weighted by atomic mass is 9.95. The van der Waals surface area contributed by atoms with Crippen LogP contribution in [0.2, 0.25) is 5.02 Å². The molecule has 0 radical (unpaired) electrons. The van der Waals surface area contributed by atoms with Gasteiger partial charge < -0.3 is 29.5 Å². The topological polar surface area (TPSA) is 139 Å². The Bertz CT molecular complexity index is 1480. The first-order chi connectivity index (χ1) is 21.0. The summed E-state index contributed by atoms with van der Waals surface area (Å²) in [6, 6.07) is 15.0. The van der Waals surface area contributed by atoms with Gasteiger partial charge in [0.05, 0.1) is 13.1 Å². The monoisotopic (exact) mass is 622 g/mol. The number of hydrogen-bond donors (Lipinski definition) is 2. The van der Waals surface area contributed by atoms with Crippen LogP contribution >= 0.6 is 11.6 Å². The van der Waals surface area contributed by atoms with Crippen molar-refractivity contribution in [1.82, 2.24) is 20.3 Å². The van der Waals surface area contributed by atoms with Gasteiger partial charge in [0.2, 0.25) is 11.9 Å². The molecule has 13 heteroatoms. The number of piperidine rings is 1. The molecule has 1 aromatic heterocycles. The SMILES string of the molecule is CC(C)(C)OC(=O)N1CCC(C(=O)NC2CN=C(Nc3ccc(Oc4ccon4)cc3)N(Cc3ccc(Cl)cc3)C2=O)CC1. The lowest BCUT2D eigenvalue weighted by Crippen LogP contribution is -2.57. The summed E-state index contributed by atoms with van der Waals surface area (Å²) in [7, 11) is 0. The summed E-state index contributed by atoms with van der Waals surface area (Å²) in [5, 5.41) is 10.5. The molecule has 1 fully saturated rings. The van der Waals surface area contributed by atoms with E-state index in [0.29, 0.717) is 54.2 Å². The molecule has 1 unspecified atom stereocenters. The van der Waals surface area contributed by atoms with Gasteiger partial charge in [0, 0.05) is 35.8 Å². The number of hydrogen-bond acceptors (Lipinski definition) is 9. The number of carbonyl (C=O) groups is 3. The lowest BCUT2D eigenvalue weighted by molar-refractivity contribution is -0.135. The molecule has 3 amide bonds. The number of benzene rings is 2. The smallest absolute Gasteiger partial charge is 0.410 e. The average molecular weight is 623 g/mol.